The number of aromatic nitrogens is 2. The van der Waals surface area contributed by atoms with Crippen molar-refractivity contribution in [1.82, 2.24) is 9.38 Å². The SMILES string of the molecule is O=C(O)c1cn2c(-c3cc4cc(Br)ccc4o3)csc2n1. The molecule has 1 N–H and O–H groups in total. The zero-order valence-corrected chi connectivity index (χ0v) is 12.8. The van der Waals surface area contributed by atoms with Crippen LogP contribution >= 0.6 is 27.3 Å². The average Bonchev–Trinajstić information content (AvgIpc) is 3.09. The number of carbonyl (C=O) groups is 1. The van der Waals surface area contributed by atoms with E-state index in [-0.39, 0.29) is 5.69 Å². The van der Waals surface area contributed by atoms with Gasteiger partial charge in [0.15, 0.2) is 16.4 Å². The van der Waals surface area contributed by atoms with Crippen molar-refractivity contribution < 1.29 is 14.3 Å². The van der Waals surface area contributed by atoms with Crippen LogP contribution in [0, 0.1) is 0 Å². The number of imidazole rings is 1. The zero-order valence-electron chi connectivity index (χ0n) is 10.4. The van der Waals surface area contributed by atoms with Crippen LogP contribution in [-0.4, -0.2) is 20.5 Å². The van der Waals surface area contributed by atoms with E-state index in [1.54, 1.807) is 4.40 Å². The van der Waals surface area contributed by atoms with Crippen molar-refractivity contribution in [2.45, 2.75) is 0 Å². The Kier molecular flexibility index (Phi) is 2.66. The number of halogens is 1. The first-order valence-corrected chi connectivity index (χ1v) is 7.68. The van der Waals surface area contributed by atoms with Gasteiger partial charge in [0.2, 0.25) is 0 Å². The molecule has 0 saturated heterocycles. The van der Waals surface area contributed by atoms with Crippen LogP contribution < -0.4 is 0 Å². The number of benzene rings is 1. The topological polar surface area (TPSA) is 67.7 Å². The molecule has 1 aromatic carbocycles. The fraction of sp³-hybridized carbons (Fsp3) is 0. The van der Waals surface area contributed by atoms with E-state index >= 15 is 0 Å². The van der Waals surface area contributed by atoms with E-state index in [0.717, 1.165) is 21.1 Å². The van der Waals surface area contributed by atoms with Gasteiger partial charge in [-0.1, -0.05) is 15.9 Å². The van der Waals surface area contributed by atoms with Gasteiger partial charge in [-0.25, -0.2) is 9.78 Å². The van der Waals surface area contributed by atoms with E-state index < -0.39 is 5.97 Å². The minimum Gasteiger partial charge on any atom is -0.476 e. The Hall–Kier alpha value is -2.12. The fourth-order valence-corrected chi connectivity index (χ4v) is 3.45. The van der Waals surface area contributed by atoms with Gasteiger partial charge in [0.25, 0.3) is 0 Å². The lowest BCUT2D eigenvalue weighted by atomic mass is 10.2. The van der Waals surface area contributed by atoms with E-state index in [9.17, 15) is 4.79 Å². The second-order valence-electron chi connectivity index (χ2n) is 4.50. The van der Waals surface area contributed by atoms with Crippen molar-refractivity contribution in [2.75, 3.05) is 0 Å². The molecule has 0 aliphatic carbocycles. The van der Waals surface area contributed by atoms with Crippen molar-refractivity contribution in [3.63, 3.8) is 0 Å². The molecule has 3 aromatic heterocycles. The molecule has 0 fully saturated rings. The van der Waals surface area contributed by atoms with Crippen molar-refractivity contribution in [2.24, 2.45) is 0 Å². The highest BCUT2D eigenvalue weighted by molar-refractivity contribution is 9.10. The van der Waals surface area contributed by atoms with E-state index in [2.05, 4.69) is 20.9 Å². The third-order valence-corrected chi connectivity index (χ3v) is 4.49. The molecular formula is C14H7BrN2O3S. The van der Waals surface area contributed by atoms with Crippen molar-refractivity contribution in [3.05, 3.63) is 46.0 Å². The Morgan fingerprint density at radius 3 is 3.05 bits per heavy atom. The first-order valence-electron chi connectivity index (χ1n) is 6.01. The summed E-state index contributed by atoms with van der Waals surface area (Å²) in [7, 11) is 0. The number of carboxylic acids is 1. The molecule has 5 nitrogen and oxygen atoms in total. The van der Waals surface area contributed by atoms with Gasteiger partial charge in [-0.2, -0.15) is 0 Å². The van der Waals surface area contributed by atoms with Crippen LogP contribution in [0.2, 0.25) is 0 Å². The van der Waals surface area contributed by atoms with Gasteiger partial charge in [-0.05, 0) is 24.3 Å². The third kappa shape index (κ3) is 1.97. The molecule has 0 spiro atoms. The molecule has 0 aliphatic heterocycles. The summed E-state index contributed by atoms with van der Waals surface area (Å²) in [6.07, 6.45) is 1.51. The van der Waals surface area contributed by atoms with Gasteiger partial charge in [0.05, 0.1) is 0 Å². The van der Waals surface area contributed by atoms with Crippen LogP contribution in [0.3, 0.4) is 0 Å². The number of aromatic carboxylic acids is 1. The zero-order chi connectivity index (χ0) is 14.6. The maximum atomic E-state index is 11.0. The van der Waals surface area contributed by atoms with Crippen LogP contribution in [0.5, 0.6) is 0 Å². The second-order valence-corrected chi connectivity index (χ2v) is 6.25. The number of nitrogens with zero attached hydrogens (tertiary/aromatic N) is 2. The van der Waals surface area contributed by atoms with Gasteiger partial charge in [-0.15, -0.1) is 11.3 Å². The van der Waals surface area contributed by atoms with Crippen LogP contribution in [-0.2, 0) is 0 Å². The molecule has 0 atom stereocenters. The van der Waals surface area contributed by atoms with Crippen LogP contribution in [0.15, 0.2) is 44.7 Å². The molecule has 0 saturated carbocycles. The standard InChI is InChI=1S/C14H7BrN2O3S/c15-8-1-2-11-7(3-8)4-12(20-11)10-6-21-14-16-9(13(18)19)5-17(10)14/h1-6H,(H,18,19). The molecule has 0 bridgehead atoms. The number of fused-ring (bicyclic) bond motifs is 2. The Morgan fingerprint density at radius 2 is 2.24 bits per heavy atom. The van der Waals surface area contributed by atoms with Crippen LogP contribution in [0.25, 0.3) is 27.4 Å². The molecule has 0 unspecified atom stereocenters. The van der Waals surface area contributed by atoms with Crippen molar-refractivity contribution in [3.8, 4) is 11.5 Å². The lowest BCUT2D eigenvalue weighted by Gasteiger charge is -1.92. The summed E-state index contributed by atoms with van der Waals surface area (Å²) in [5, 5.41) is 11.9. The summed E-state index contributed by atoms with van der Waals surface area (Å²) in [6, 6.07) is 7.71. The van der Waals surface area contributed by atoms with Crippen LogP contribution in [0.4, 0.5) is 0 Å². The summed E-state index contributed by atoms with van der Waals surface area (Å²) in [6.45, 7) is 0. The maximum absolute atomic E-state index is 11.0. The predicted octanol–water partition coefficient (Wildman–Crippen LogP) is 4.27. The summed E-state index contributed by atoms with van der Waals surface area (Å²) < 4.78 is 8.55. The fourth-order valence-electron chi connectivity index (χ4n) is 2.20. The quantitative estimate of drug-likeness (QED) is 0.578. The highest BCUT2D eigenvalue weighted by Gasteiger charge is 2.16. The Balaban J connectivity index is 1.92. The smallest absolute Gasteiger partial charge is 0.356 e. The third-order valence-electron chi connectivity index (χ3n) is 3.16. The molecule has 0 amide bonds. The Labute approximate surface area is 130 Å². The number of rotatable bonds is 2. The summed E-state index contributed by atoms with van der Waals surface area (Å²) in [4.78, 5) is 15.7. The molecule has 21 heavy (non-hydrogen) atoms. The average molecular weight is 363 g/mol. The number of hydrogen-bond donors (Lipinski definition) is 1. The monoisotopic (exact) mass is 362 g/mol. The van der Waals surface area contributed by atoms with E-state index in [0.29, 0.717) is 10.7 Å². The number of furan rings is 1. The summed E-state index contributed by atoms with van der Waals surface area (Å²) in [5.41, 5.74) is 1.61. The highest BCUT2D eigenvalue weighted by Crippen LogP contribution is 2.32. The lowest BCUT2D eigenvalue weighted by Crippen LogP contribution is -1.95. The predicted molar refractivity (Wildman–Crippen MR) is 82.9 cm³/mol. The molecule has 4 aromatic rings. The molecular weight excluding hydrogens is 356 g/mol. The van der Waals surface area contributed by atoms with Gasteiger partial charge in [0.1, 0.15) is 11.3 Å². The van der Waals surface area contributed by atoms with Crippen LogP contribution in [0.1, 0.15) is 10.5 Å². The van der Waals surface area contributed by atoms with Gasteiger partial charge < -0.3 is 9.52 Å². The van der Waals surface area contributed by atoms with Crippen molar-refractivity contribution in [1.29, 1.82) is 0 Å². The van der Waals surface area contributed by atoms with Gasteiger partial charge >= 0.3 is 5.97 Å². The molecule has 4 rings (SSSR count). The summed E-state index contributed by atoms with van der Waals surface area (Å²) >= 11 is 4.81. The van der Waals surface area contributed by atoms with E-state index in [1.807, 2.05) is 29.6 Å². The summed E-state index contributed by atoms with van der Waals surface area (Å²) in [5.74, 6) is -0.353. The Bertz CT molecular complexity index is 998. The van der Waals surface area contributed by atoms with Gasteiger partial charge in [0, 0.05) is 21.4 Å². The first kappa shape index (κ1) is 12.6. The number of carboxylic acid groups (broad SMARTS) is 1. The number of hydrogen-bond acceptors (Lipinski definition) is 4. The Morgan fingerprint density at radius 1 is 1.38 bits per heavy atom. The van der Waals surface area contributed by atoms with Crippen molar-refractivity contribution >= 4 is 49.2 Å². The van der Waals surface area contributed by atoms with Gasteiger partial charge in [-0.3, -0.25) is 4.40 Å². The second kappa shape index (κ2) is 4.44. The maximum Gasteiger partial charge on any atom is 0.356 e. The minimum absolute atomic E-state index is 0.0296. The lowest BCUT2D eigenvalue weighted by molar-refractivity contribution is 0.0691. The highest BCUT2D eigenvalue weighted by atomic mass is 79.9. The number of thiazole rings is 1. The molecule has 3 heterocycles. The largest absolute Gasteiger partial charge is 0.476 e. The molecule has 7 heteroatoms. The van der Waals surface area contributed by atoms with E-state index in [4.69, 9.17) is 9.52 Å². The molecule has 0 radical (unpaired) electrons. The van der Waals surface area contributed by atoms with E-state index in [1.165, 1.54) is 17.5 Å². The molecule has 104 valence electrons. The molecule has 0 aliphatic rings. The minimum atomic E-state index is -1.04. The first-order chi connectivity index (χ1) is 10.1. The normalized spacial score (nSPS) is 11.5.